The summed E-state index contributed by atoms with van der Waals surface area (Å²) in [6.45, 7) is 0.867. The summed E-state index contributed by atoms with van der Waals surface area (Å²) >= 11 is 6.11. The fourth-order valence-electron chi connectivity index (χ4n) is 2.86. The Morgan fingerprint density at radius 2 is 1.88 bits per heavy atom. The maximum absolute atomic E-state index is 12.0. The van der Waals surface area contributed by atoms with Crippen LogP contribution in [0.2, 0.25) is 5.02 Å². The van der Waals surface area contributed by atoms with Crippen molar-refractivity contribution in [1.82, 2.24) is 14.9 Å². The molecule has 0 unspecified atom stereocenters. The minimum atomic E-state index is -0.158. The predicted molar refractivity (Wildman–Crippen MR) is 100.0 cm³/mol. The van der Waals surface area contributed by atoms with E-state index in [0.717, 1.165) is 34.5 Å². The number of carbonyl (C=O) groups is 1. The maximum atomic E-state index is 12.0. The molecule has 1 amide bonds. The highest BCUT2D eigenvalue weighted by molar-refractivity contribution is 6.31. The van der Waals surface area contributed by atoms with Crippen LogP contribution < -0.4 is 11.0 Å². The van der Waals surface area contributed by atoms with E-state index >= 15 is 0 Å². The van der Waals surface area contributed by atoms with Crippen LogP contribution in [0.4, 0.5) is 0 Å². The highest BCUT2D eigenvalue weighted by Crippen LogP contribution is 2.17. The van der Waals surface area contributed by atoms with E-state index in [1.165, 1.54) is 0 Å². The summed E-state index contributed by atoms with van der Waals surface area (Å²) in [4.78, 5) is 26.7. The van der Waals surface area contributed by atoms with Crippen LogP contribution in [0.15, 0.2) is 53.3 Å². The van der Waals surface area contributed by atoms with Crippen LogP contribution in [-0.4, -0.2) is 22.0 Å². The molecule has 3 rings (SSSR count). The number of rotatable bonds is 7. The van der Waals surface area contributed by atoms with Crippen LogP contribution in [-0.2, 0) is 17.8 Å². The molecular weight excluding hydrogens is 338 g/mol. The maximum Gasteiger partial charge on any atom is 0.326 e. The Balaban J connectivity index is 1.46. The molecular formula is C19H20ClN3O2. The van der Waals surface area contributed by atoms with Gasteiger partial charge in [0.25, 0.3) is 0 Å². The van der Waals surface area contributed by atoms with Gasteiger partial charge in [0.1, 0.15) is 0 Å². The van der Waals surface area contributed by atoms with Crippen LogP contribution in [0.25, 0.3) is 11.0 Å². The van der Waals surface area contributed by atoms with Crippen LogP contribution in [0.1, 0.15) is 18.4 Å². The molecule has 0 aliphatic carbocycles. The number of H-pyrrole nitrogens is 1. The Kier molecular flexibility index (Phi) is 5.56. The Bertz CT molecular complexity index is 930. The minimum Gasteiger partial charge on any atom is -0.354 e. The van der Waals surface area contributed by atoms with E-state index in [4.69, 9.17) is 11.6 Å². The highest BCUT2D eigenvalue weighted by Gasteiger charge is 2.07. The summed E-state index contributed by atoms with van der Waals surface area (Å²) in [5.74, 6) is -0.0139. The Labute approximate surface area is 150 Å². The molecule has 5 nitrogen and oxygen atoms in total. The molecule has 130 valence electrons. The monoisotopic (exact) mass is 357 g/mol. The van der Waals surface area contributed by atoms with Gasteiger partial charge in [0.15, 0.2) is 0 Å². The average molecular weight is 358 g/mol. The molecule has 1 heterocycles. The van der Waals surface area contributed by atoms with Gasteiger partial charge < -0.3 is 10.3 Å². The van der Waals surface area contributed by atoms with Crippen LogP contribution in [0.3, 0.4) is 0 Å². The third-order valence-electron chi connectivity index (χ3n) is 4.15. The van der Waals surface area contributed by atoms with Crippen LogP contribution in [0.5, 0.6) is 0 Å². The van der Waals surface area contributed by atoms with Gasteiger partial charge in [0.2, 0.25) is 5.91 Å². The van der Waals surface area contributed by atoms with Crippen molar-refractivity contribution in [2.75, 3.05) is 6.54 Å². The Hall–Kier alpha value is -2.53. The lowest BCUT2D eigenvalue weighted by Gasteiger charge is -2.07. The van der Waals surface area contributed by atoms with E-state index in [-0.39, 0.29) is 11.6 Å². The van der Waals surface area contributed by atoms with Gasteiger partial charge in [-0.25, -0.2) is 4.79 Å². The third kappa shape index (κ3) is 4.31. The number of halogens is 1. The molecule has 0 radical (unpaired) electrons. The second kappa shape index (κ2) is 8.03. The molecule has 2 N–H and O–H groups in total. The number of carbonyl (C=O) groups excluding carboxylic acids is 1. The molecule has 3 aromatic rings. The molecule has 0 fully saturated rings. The number of nitrogens with zero attached hydrogens (tertiary/aromatic N) is 1. The van der Waals surface area contributed by atoms with E-state index in [9.17, 15) is 9.59 Å². The van der Waals surface area contributed by atoms with E-state index in [1.807, 2.05) is 48.5 Å². The molecule has 6 heteroatoms. The number of nitrogens with one attached hydrogen (secondary N) is 2. The largest absolute Gasteiger partial charge is 0.354 e. The predicted octanol–water partition coefficient (Wildman–Crippen LogP) is 3.12. The van der Waals surface area contributed by atoms with Crippen molar-refractivity contribution in [3.63, 3.8) is 0 Å². The molecule has 0 aliphatic rings. The van der Waals surface area contributed by atoms with Crippen LogP contribution >= 0.6 is 11.6 Å². The van der Waals surface area contributed by atoms with Crippen molar-refractivity contribution < 1.29 is 4.79 Å². The lowest BCUT2D eigenvalue weighted by Crippen LogP contribution is -2.29. The van der Waals surface area contributed by atoms with Gasteiger partial charge in [-0.2, -0.15) is 0 Å². The standard InChI is InChI=1S/C19H20ClN3O2/c20-15-8-2-1-6-14(15)7-5-11-18(24)21-12-13-23-17-10-4-3-9-16(17)22-19(23)25/h1-4,6,8-10H,5,7,11-13H2,(H,21,24)(H,22,25). The second-order valence-corrected chi connectivity index (χ2v) is 6.30. The summed E-state index contributed by atoms with van der Waals surface area (Å²) in [6.07, 6.45) is 1.95. The Morgan fingerprint density at radius 1 is 1.12 bits per heavy atom. The lowest BCUT2D eigenvalue weighted by molar-refractivity contribution is -0.121. The van der Waals surface area contributed by atoms with Gasteiger partial charge in [0, 0.05) is 24.5 Å². The summed E-state index contributed by atoms with van der Waals surface area (Å²) in [6, 6.07) is 15.2. The summed E-state index contributed by atoms with van der Waals surface area (Å²) in [5.41, 5.74) is 2.55. The summed E-state index contributed by atoms with van der Waals surface area (Å²) in [5, 5.41) is 3.61. The summed E-state index contributed by atoms with van der Waals surface area (Å²) in [7, 11) is 0. The number of amides is 1. The van der Waals surface area contributed by atoms with Gasteiger partial charge in [0.05, 0.1) is 11.0 Å². The average Bonchev–Trinajstić information content (AvgIpc) is 2.92. The molecule has 0 aliphatic heterocycles. The van der Waals surface area contributed by atoms with Gasteiger partial charge in [-0.05, 0) is 36.6 Å². The minimum absolute atomic E-state index is 0.0139. The number of hydrogen-bond donors (Lipinski definition) is 2. The van der Waals surface area contributed by atoms with Gasteiger partial charge in [-0.1, -0.05) is 41.9 Å². The van der Waals surface area contributed by atoms with Gasteiger partial charge in [-0.3, -0.25) is 9.36 Å². The first-order valence-corrected chi connectivity index (χ1v) is 8.70. The van der Waals surface area contributed by atoms with E-state index < -0.39 is 0 Å². The van der Waals surface area contributed by atoms with Crippen LogP contribution in [0, 0.1) is 0 Å². The quantitative estimate of drug-likeness (QED) is 0.682. The zero-order valence-corrected chi connectivity index (χ0v) is 14.6. The molecule has 0 spiro atoms. The number of aromatic nitrogens is 2. The van der Waals surface area contributed by atoms with E-state index in [2.05, 4.69) is 10.3 Å². The van der Waals surface area contributed by atoms with Gasteiger partial charge in [-0.15, -0.1) is 0 Å². The smallest absolute Gasteiger partial charge is 0.326 e. The molecule has 2 aromatic carbocycles. The summed E-state index contributed by atoms with van der Waals surface area (Å²) < 4.78 is 1.64. The number of hydrogen-bond acceptors (Lipinski definition) is 2. The second-order valence-electron chi connectivity index (χ2n) is 5.89. The van der Waals surface area contributed by atoms with Crippen molar-refractivity contribution >= 4 is 28.5 Å². The molecule has 0 saturated carbocycles. The first kappa shape index (κ1) is 17.3. The first-order chi connectivity index (χ1) is 12.1. The molecule has 0 saturated heterocycles. The van der Waals surface area contributed by atoms with Crippen molar-refractivity contribution in [3.8, 4) is 0 Å². The molecule has 1 aromatic heterocycles. The number of fused-ring (bicyclic) bond motifs is 1. The van der Waals surface area contributed by atoms with Gasteiger partial charge >= 0.3 is 5.69 Å². The number of benzene rings is 2. The van der Waals surface area contributed by atoms with Crippen molar-refractivity contribution in [3.05, 3.63) is 69.6 Å². The molecule has 0 bridgehead atoms. The van der Waals surface area contributed by atoms with E-state index in [1.54, 1.807) is 4.57 Å². The molecule has 25 heavy (non-hydrogen) atoms. The fraction of sp³-hybridized carbons (Fsp3) is 0.263. The Morgan fingerprint density at radius 3 is 2.72 bits per heavy atom. The van der Waals surface area contributed by atoms with Crippen molar-refractivity contribution in [1.29, 1.82) is 0 Å². The SMILES string of the molecule is O=C(CCCc1ccccc1Cl)NCCn1c(=O)[nH]c2ccccc21. The first-order valence-electron chi connectivity index (χ1n) is 8.33. The zero-order chi connectivity index (χ0) is 17.6. The van der Waals surface area contributed by atoms with Crippen molar-refractivity contribution in [2.24, 2.45) is 0 Å². The topological polar surface area (TPSA) is 66.9 Å². The zero-order valence-electron chi connectivity index (χ0n) is 13.8. The lowest BCUT2D eigenvalue weighted by atomic mass is 10.1. The highest BCUT2D eigenvalue weighted by atomic mass is 35.5. The number of imidazole rings is 1. The number of para-hydroxylation sites is 2. The van der Waals surface area contributed by atoms with Crippen molar-refractivity contribution in [2.45, 2.75) is 25.8 Å². The normalized spacial score (nSPS) is 10.9. The number of aryl methyl sites for hydroxylation is 1. The van der Waals surface area contributed by atoms with E-state index in [0.29, 0.717) is 19.5 Å². The molecule has 0 atom stereocenters. The fourth-order valence-corrected chi connectivity index (χ4v) is 3.10. The third-order valence-corrected chi connectivity index (χ3v) is 4.52. The number of aromatic amines is 1.